The molecule has 0 fully saturated rings. The number of hydrogen-bond acceptors (Lipinski definition) is 1. The fourth-order valence-corrected chi connectivity index (χ4v) is 10.9. The van der Waals surface area contributed by atoms with Gasteiger partial charge >= 0.3 is 0 Å². The van der Waals surface area contributed by atoms with Crippen LogP contribution in [0.3, 0.4) is 0 Å². The van der Waals surface area contributed by atoms with Gasteiger partial charge in [-0.1, -0.05) is 84.9 Å². The molecule has 0 aromatic heterocycles. The SMILES string of the molecule is c1ccc([SH]2c3ccccc3Oc3cc(-c4ccc5c(c4)[SH](c4ccccc4)c4ccccc4-5)ccc32)cc1. The third-order valence-corrected chi connectivity index (χ3v) is 12.6. The molecular formula is C36H26OS2. The van der Waals surface area contributed by atoms with Crippen LogP contribution in [0.5, 0.6) is 11.5 Å². The van der Waals surface area contributed by atoms with E-state index < -0.39 is 21.8 Å². The maximum Gasteiger partial charge on any atom is 0.140 e. The molecule has 6 aromatic rings. The summed E-state index contributed by atoms with van der Waals surface area (Å²) in [4.78, 5) is 8.19. The second-order valence-electron chi connectivity index (χ2n) is 9.84. The Hall–Kier alpha value is -4.18. The van der Waals surface area contributed by atoms with E-state index in [1.807, 2.05) is 0 Å². The van der Waals surface area contributed by atoms with Gasteiger partial charge in [0.1, 0.15) is 11.5 Å². The van der Waals surface area contributed by atoms with Gasteiger partial charge in [-0.2, -0.15) is 21.8 Å². The molecule has 0 spiro atoms. The van der Waals surface area contributed by atoms with E-state index in [1.165, 1.54) is 51.6 Å². The third-order valence-electron chi connectivity index (χ3n) is 7.56. The Morgan fingerprint density at radius 3 is 1.67 bits per heavy atom. The Morgan fingerprint density at radius 2 is 0.897 bits per heavy atom. The van der Waals surface area contributed by atoms with Gasteiger partial charge in [-0.25, -0.2) is 0 Å². The zero-order valence-electron chi connectivity index (χ0n) is 21.2. The lowest BCUT2D eigenvalue weighted by molar-refractivity contribution is 0.453. The van der Waals surface area contributed by atoms with Gasteiger partial charge in [-0.05, 0) is 92.7 Å². The second kappa shape index (κ2) is 9.23. The molecule has 0 bridgehead atoms. The van der Waals surface area contributed by atoms with Gasteiger partial charge in [0.25, 0.3) is 0 Å². The monoisotopic (exact) mass is 538 g/mol. The van der Waals surface area contributed by atoms with Crippen molar-refractivity contribution in [3.8, 4) is 33.8 Å². The molecule has 39 heavy (non-hydrogen) atoms. The highest BCUT2D eigenvalue weighted by molar-refractivity contribution is 8.17. The lowest BCUT2D eigenvalue weighted by atomic mass is 10.0. The van der Waals surface area contributed by atoms with Crippen LogP contribution in [0.15, 0.2) is 175 Å². The van der Waals surface area contributed by atoms with Crippen LogP contribution in [0.2, 0.25) is 0 Å². The number of rotatable bonds is 3. The molecule has 2 unspecified atom stereocenters. The van der Waals surface area contributed by atoms with Crippen molar-refractivity contribution in [3.63, 3.8) is 0 Å². The summed E-state index contributed by atoms with van der Waals surface area (Å²) in [6.07, 6.45) is 0. The molecule has 2 atom stereocenters. The first-order valence-corrected chi connectivity index (χ1v) is 15.9. The smallest absolute Gasteiger partial charge is 0.140 e. The zero-order valence-corrected chi connectivity index (χ0v) is 22.9. The average molecular weight is 539 g/mol. The maximum atomic E-state index is 6.55. The van der Waals surface area contributed by atoms with E-state index >= 15 is 0 Å². The molecule has 2 aliphatic rings. The van der Waals surface area contributed by atoms with Crippen LogP contribution in [-0.2, 0) is 0 Å². The summed E-state index contributed by atoms with van der Waals surface area (Å²) in [7, 11) is -1.26. The predicted octanol–water partition coefficient (Wildman–Crippen LogP) is 10.4. The van der Waals surface area contributed by atoms with Gasteiger partial charge in [0.05, 0.1) is 0 Å². The van der Waals surface area contributed by atoms with E-state index in [9.17, 15) is 0 Å². The summed E-state index contributed by atoms with van der Waals surface area (Å²) >= 11 is 0. The van der Waals surface area contributed by atoms with Crippen molar-refractivity contribution < 1.29 is 4.74 Å². The lowest BCUT2D eigenvalue weighted by Gasteiger charge is -2.32. The Morgan fingerprint density at radius 1 is 0.359 bits per heavy atom. The van der Waals surface area contributed by atoms with E-state index in [0.717, 1.165) is 11.5 Å². The topological polar surface area (TPSA) is 9.23 Å². The van der Waals surface area contributed by atoms with Crippen molar-refractivity contribution in [3.05, 3.63) is 146 Å². The number of ether oxygens (including phenoxy) is 1. The molecule has 0 radical (unpaired) electrons. The van der Waals surface area contributed by atoms with Crippen LogP contribution in [0.1, 0.15) is 0 Å². The molecule has 8 rings (SSSR count). The van der Waals surface area contributed by atoms with E-state index in [4.69, 9.17) is 4.74 Å². The minimum Gasteiger partial charge on any atom is -0.455 e. The van der Waals surface area contributed by atoms with Crippen LogP contribution >= 0.6 is 21.8 Å². The number of para-hydroxylation sites is 1. The minimum atomic E-state index is -0.675. The van der Waals surface area contributed by atoms with Crippen LogP contribution in [0.25, 0.3) is 22.3 Å². The summed E-state index contributed by atoms with van der Waals surface area (Å²) in [6, 6.07) is 53.1. The summed E-state index contributed by atoms with van der Waals surface area (Å²) in [5.41, 5.74) is 5.16. The Bertz CT molecular complexity index is 1850. The molecule has 1 nitrogen and oxygen atoms in total. The normalized spacial score (nSPS) is 18.3. The highest BCUT2D eigenvalue weighted by Gasteiger charge is 2.29. The van der Waals surface area contributed by atoms with Crippen LogP contribution in [-0.4, -0.2) is 0 Å². The van der Waals surface area contributed by atoms with Crippen molar-refractivity contribution in [1.29, 1.82) is 0 Å². The van der Waals surface area contributed by atoms with E-state index in [-0.39, 0.29) is 0 Å². The molecule has 188 valence electrons. The van der Waals surface area contributed by atoms with Crippen molar-refractivity contribution in [2.75, 3.05) is 0 Å². The van der Waals surface area contributed by atoms with Gasteiger partial charge < -0.3 is 4.74 Å². The highest BCUT2D eigenvalue weighted by Crippen LogP contribution is 2.64. The fourth-order valence-electron chi connectivity index (χ4n) is 5.80. The molecule has 0 saturated heterocycles. The van der Waals surface area contributed by atoms with Gasteiger partial charge in [0.15, 0.2) is 0 Å². The summed E-state index contributed by atoms with van der Waals surface area (Å²) in [6.45, 7) is 0. The van der Waals surface area contributed by atoms with Crippen LogP contribution < -0.4 is 4.74 Å². The van der Waals surface area contributed by atoms with Crippen molar-refractivity contribution >= 4 is 21.8 Å². The predicted molar refractivity (Wildman–Crippen MR) is 164 cm³/mol. The summed E-state index contributed by atoms with van der Waals surface area (Å²) in [5.74, 6) is 1.93. The number of fused-ring (bicyclic) bond motifs is 5. The molecule has 2 heterocycles. The summed E-state index contributed by atoms with van der Waals surface area (Å²) in [5, 5.41) is 0. The standard InChI is InChI=1S/C36H26OS2/c1-3-11-27(12-4-1)38-33-17-9-7-15-29(33)30-21-19-26(24-36(30)38)25-20-22-35-32(23-25)37-31-16-8-10-18-34(31)39(35)28-13-5-2-6-14-28/h1-24,38-39H. The molecule has 2 aliphatic heterocycles. The van der Waals surface area contributed by atoms with E-state index in [0.29, 0.717) is 0 Å². The van der Waals surface area contributed by atoms with Gasteiger partial charge in [0, 0.05) is 19.6 Å². The Balaban J connectivity index is 1.25. The average Bonchev–Trinajstić information content (AvgIpc) is 3.34. The van der Waals surface area contributed by atoms with E-state index in [1.54, 1.807) is 0 Å². The minimum absolute atomic E-state index is 0.588. The van der Waals surface area contributed by atoms with Gasteiger partial charge in [0.2, 0.25) is 0 Å². The first kappa shape index (κ1) is 22.8. The van der Waals surface area contributed by atoms with Crippen LogP contribution in [0, 0.1) is 0 Å². The number of benzene rings is 6. The molecule has 0 aliphatic carbocycles. The van der Waals surface area contributed by atoms with Crippen molar-refractivity contribution in [1.82, 2.24) is 0 Å². The number of thiol groups is 2. The molecule has 0 amide bonds. The van der Waals surface area contributed by atoms with Crippen molar-refractivity contribution in [2.24, 2.45) is 0 Å². The van der Waals surface area contributed by atoms with Gasteiger partial charge in [-0.3, -0.25) is 0 Å². The maximum absolute atomic E-state index is 6.55. The quantitative estimate of drug-likeness (QED) is 0.213. The zero-order chi connectivity index (χ0) is 25.8. The Labute approximate surface area is 234 Å². The number of hydrogen-bond donors (Lipinski definition) is 2. The second-order valence-corrected chi connectivity index (χ2v) is 14.1. The van der Waals surface area contributed by atoms with E-state index in [2.05, 4.69) is 146 Å². The third kappa shape index (κ3) is 3.73. The van der Waals surface area contributed by atoms with Crippen LogP contribution in [0.4, 0.5) is 0 Å². The first-order valence-electron chi connectivity index (χ1n) is 13.2. The molecular weight excluding hydrogens is 513 g/mol. The summed E-state index contributed by atoms with van der Waals surface area (Å²) < 4.78 is 6.55. The molecule has 6 aromatic carbocycles. The first-order chi connectivity index (χ1) is 19.3. The molecule has 0 saturated carbocycles. The molecule has 3 heteroatoms. The van der Waals surface area contributed by atoms with Crippen molar-refractivity contribution in [2.45, 2.75) is 29.4 Å². The van der Waals surface area contributed by atoms with Gasteiger partial charge in [-0.15, -0.1) is 0 Å². The fraction of sp³-hybridized carbons (Fsp3) is 0. The Kier molecular flexibility index (Phi) is 5.39. The lowest BCUT2D eigenvalue weighted by Crippen LogP contribution is -2.01. The molecule has 0 N–H and O–H groups in total. The largest absolute Gasteiger partial charge is 0.455 e. The highest BCUT2D eigenvalue weighted by atomic mass is 32.2.